The smallest absolute Gasteiger partial charge is 0.246 e. The van der Waals surface area contributed by atoms with Crippen LogP contribution in [0, 0.1) is 11.7 Å². The lowest BCUT2D eigenvalue weighted by molar-refractivity contribution is -0.127. The van der Waals surface area contributed by atoms with E-state index < -0.39 is 6.04 Å². The van der Waals surface area contributed by atoms with Gasteiger partial charge >= 0.3 is 0 Å². The molecule has 1 atom stereocenters. The van der Waals surface area contributed by atoms with Gasteiger partial charge in [-0.05, 0) is 56.6 Å². The number of carbonyl (C=O) groups excluding carboxylic acids is 2. The molecule has 9 heteroatoms. The van der Waals surface area contributed by atoms with Crippen molar-refractivity contribution in [2.75, 3.05) is 23.3 Å². The lowest BCUT2D eigenvalue weighted by Gasteiger charge is -2.20. The fraction of sp³-hybridized carbons (Fsp3) is 0.385. The van der Waals surface area contributed by atoms with Crippen molar-refractivity contribution in [3.05, 3.63) is 58.9 Å². The van der Waals surface area contributed by atoms with Crippen molar-refractivity contribution in [3.63, 3.8) is 0 Å². The molecule has 0 spiro atoms. The average Bonchev–Trinajstić information content (AvgIpc) is 3.50. The lowest BCUT2D eigenvalue weighted by Crippen LogP contribution is -2.45. The number of nitrogens with zero attached hydrogens (tertiary/aromatic N) is 3. The van der Waals surface area contributed by atoms with Crippen LogP contribution in [0.25, 0.3) is 11.4 Å². The van der Waals surface area contributed by atoms with Crippen molar-refractivity contribution >= 4 is 35.4 Å². The van der Waals surface area contributed by atoms with E-state index in [9.17, 15) is 9.59 Å². The molecule has 0 aliphatic carbocycles. The first-order chi connectivity index (χ1) is 16.9. The van der Waals surface area contributed by atoms with E-state index in [4.69, 9.17) is 12.2 Å². The number of aryl methyl sites for hydroxylation is 1. The van der Waals surface area contributed by atoms with E-state index in [1.165, 1.54) is 12.8 Å². The van der Waals surface area contributed by atoms with Crippen molar-refractivity contribution in [1.82, 2.24) is 20.1 Å². The zero-order valence-electron chi connectivity index (χ0n) is 20.2. The molecular weight excluding hydrogens is 460 g/mol. The molecule has 2 amide bonds. The maximum Gasteiger partial charge on any atom is 0.246 e. The van der Waals surface area contributed by atoms with Crippen molar-refractivity contribution in [1.29, 1.82) is 0 Å². The molecule has 0 saturated carbocycles. The summed E-state index contributed by atoms with van der Waals surface area (Å²) in [6, 6.07) is 15.1. The number of anilines is 2. The summed E-state index contributed by atoms with van der Waals surface area (Å²) in [5.41, 5.74) is 3.82. The van der Waals surface area contributed by atoms with E-state index in [2.05, 4.69) is 31.8 Å². The van der Waals surface area contributed by atoms with Crippen molar-refractivity contribution in [3.8, 4) is 11.4 Å². The summed E-state index contributed by atoms with van der Waals surface area (Å²) in [4.78, 5) is 28.4. The first kappa shape index (κ1) is 24.7. The third kappa shape index (κ3) is 6.16. The maximum atomic E-state index is 13.1. The van der Waals surface area contributed by atoms with E-state index in [1.807, 2.05) is 56.3 Å². The highest BCUT2D eigenvalue weighted by Gasteiger charge is 2.22. The fourth-order valence-electron chi connectivity index (χ4n) is 4.31. The first-order valence-electron chi connectivity index (χ1n) is 12.1. The Balaban J connectivity index is 1.43. The molecule has 3 N–H and O–H groups in total. The molecule has 0 radical (unpaired) electrons. The molecule has 2 heterocycles. The van der Waals surface area contributed by atoms with Crippen LogP contribution in [-0.4, -0.2) is 45.7 Å². The number of hydrogen-bond acceptors (Lipinski definition) is 5. The number of benzene rings is 2. The summed E-state index contributed by atoms with van der Waals surface area (Å²) >= 11 is 5.36. The number of carbonyl (C=O) groups is 2. The minimum Gasteiger partial charge on any atom is -0.371 e. The van der Waals surface area contributed by atoms with E-state index >= 15 is 0 Å². The summed E-state index contributed by atoms with van der Waals surface area (Å²) in [6.07, 6.45) is 3.66. The van der Waals surface area contributed by atoms with E-state index in [1.54, 1.807) is 4.57 Å². The van der Waals surface area contributed by atoms with Crippen LogP contribution in [0.3, 0.4) is 0 Å². The Morgan fingerprint density at radius 2 is 1.89 bits per heavy atom. The number of H-pyrrole nitrogens is 1. The second-order valence-electron chi connectivity index (χ2n) is 8.95. The molecule has 8 nitrogen and oxygen atoms in total. The first-order valence-corrected chi connectivity index (χ1v) is 12.5. The van der Waals surface area contributed by atoms with Gasteiger partial charge in [-0.25, -0.2) is 0 Å². The van der Waals surface area contributed by atoms with Gasteiger partial charge in [0.05, 0.1) is 0 Å². The molecule has 0 bridgehead atoms. The Kier molecular flexibility index (Phi) is 7.97. The fourth-order valence-corrected chi connectivity index (χ4v) is 4.51. The summed E-state index contributed by atoms with van der Waals surface area (Å²) < 4.78 is 2.00. The number of hydrogen-bond donors (Lipinski definition) is 3. The van der Waals surface area contributed by atoms with Gasteiger partial charge in [0.1, 0.15) is 12.6 Å². The van der Waals surface area contributed by atoms with Crippen LogP contribution in [0.2, 0.25) is 0 Å². The molecule has 184 valence electrons. The highest BCUT2D eigenvalue weighted by Crippen LogP contribution is 2.23. The van der Waals surface area contributed by atoms with Crippen LogP contribution in [-0.2, 0) is 16.1 Å². The van der Waals surface area contributed by atoms with E-state index in [-0.39, 0.29) is 18.4 Å². The lowest BCUT2D eigenvalue weighted by atomic mass is 10.1. The normalized spacial score (nSPS) is 14.1. The third-order valence-electron chi connectivity index (χ3n) is 6.18. The molecule has 4 rings (SSSR count). The Hall–Kier alpha value is -3.46. The summed E-state index contributed by atoms with van der Waals surface area (Å²) in [5, 5.41) is 12.9. The standard InChI is InChI=1S/C26H32N6O2S/c1-3-7-22(25(34)27-20-8-6-9-21(16-20)31-14-4-5-15-31)28-23(33)17-32-24(29-30-26(32)35)19-12-10-18(2)11-13-19/h6,8-13,16,22H,3-5,7,14-15,17H2,1-2H3,(H,27,34)(H,28,33)(H,30,35). The topological polar surface area (TPSA) is 95.0 Å². The zero-order chi connectivity index (χ0) is 24.8. The predicted molar refractivity (Wildman–Crippen MR) is 141 cm³/mol. The minimum absolute atomic E-state index is 0.0313. The number of aromatic amines is 1. The van der Waals surface area contributed by atoms with Crippen LogP contribution in [0.1, 0.15) is 38.2 Å². The number of rotatable bonds is 9. The highest BCUT2D eigenvalue weighted by molar-refractivity contribution is 7.71. The molecule has 1 aliphatic heterocycles. The van der Waals surface area contributed by atoms with Crippen molar-refractivity contribution in [2.24, 2.45) is 0 Å². The molecule has 1 unspecified atom stereocenters. The van der Waals surface area contributed by atoms with Crippen LogP contribution >= 0.6 is 12.2 Å². The number of aromatic nitrogens is 3. The van der Waals surface area contributed by atoms with Crippen molar-refractivity contribution < 1.29 is 9.59 Å². The Labute approximate surface area is 210 Å². The second-order valence-corrected chi connectivity index (χ2v) is 9.33. The van der Waals surface area contributed by atoms with Gasteiger partial charge in [0.15, 0.2) is 10.6 Å². The van der Waals surface area contributed by atoms with E-state index in [0.717, 1.165) is 42.0 Å². The predicted octanol–water partition coefficient (Wildman–Crippen LogP) is 4.44. The molecule has 35 heavy (non-hydrogen) atoms. The van der Waals surface area contributed by atoms with Gasteiger partial charge in [-0.3, -0.25) is 19.3 Å². The monoisotopic (exact) mass is 492 g/mol. The number of nitrogens with one attached hydrogen (secondary N) is 3. The average molecular weight is 493 g/mol. The second kappa shape index (κ2) is 11.3. The Morgan fingerprint density at radius 1 is 1.14 bits per heavy atom. The molecule has 1 fully saturated rings. The largest absolute Gasteiger partial charge is 0.371 e. The number of amides is 2. The SMILES string of the molecule is CCCC(NC(=O)Cn1c(-c2ccc(C)cc2)n[nH]c1=S)C(=O)Nc1cccc(N2CCCC2)c1. The summed E-state index contributed by atoms with van der Waals surface area (Å²) in [6.45, 7) is 6.04. The molecule has 3 aromatic rings. The summed E-state index contributed by atoms with van der Waals surface area (Å²) in [5.74, 6) is 0.0592. The molecule has 2 aromatic carbocycles. The Morgan fingerprint density at radius 3 is 2.60 bits per heavy atom. The van der Waals surface area contributed by atoms with Gasteiger partial charge in [-0.1, -0.05) is 49.2 Å². The van der Waals surface area contributed by atoms with Gasteiger partial charge in [0.25, 0.3) is 0 Å². The summed E-state index contributed by atoms with van der Waals surface area (Å²) in [7, 11) is 0. The quantitative estimate of drug-likeness (QED) is 0.384. The van der Waals surface area contributed by atoms with Gasteiger partial charge < -0.3 is 15.5 Å². The van der Waals surface area contributed by atoms with E-state index in [0.29, 0.717) is 17.0 Å². The minimum atomic E-state index is -0.646. The van der Waals surface area contributed by atoms with Crippen molar-refractivity contribution in [2.45, 2.75) is 52.1 Å². The van der Waals surface area contributed by atoms with Gasteiger partial charge in [0, 0.05) is 30.0 Å². The van der Waals surface area contributed by atoms with Gasteiger partial charge in [-0.15, -0.1) is 0 Å². The molecule has 1 aromatic heterocycles. The van der Waals surface area contributed by atoms with Crippen LogP contribution in [0.4, 0.5) is 11.4 Å². The molecular formula is C26H32N6O2S. The zero-order valence-corrected chi connectivity index (χ0v) is 21.0. The van der Waals surface area contributed by atoms with Gasteiger partial charge in [-0.2, -0.15) is 5.10 Å². The van der Waals surface area contributed by atoms with Gasteiger partial charge in [0.2, 0.25) is 11.8 Å². The molecule has 1 aliphatic rings. The van der Waals surface area contributed by atoms with Crippen LogP contribution in [0.5, 0.6) is 0 Å². The Bertz CT molecular complexity index is 1230. The van der Waals surface area contributed by atoms with Crippen LogP contribution < -0.4 is 15.5 Å². The third-order valence-corrected chi connectivity index (χ3v) is 6.50. The highest BCUT2D eigenvalue weighted by atomic mass is 32.1. The maximum absolute atomic E-state index is 13.1. The molecule has 1 saturated heterocycles. The van der Waals surface area contributed by atoms with Crippen LogP contribution in [0.15, 0.2) is 48.5 Å².